The number of rotatable bonds is 4. The largest absolute Gasteiger partial charge is 0.497 e. The van der Waals surface area contributed by atoms with Crippen LogP contribution in [0.2, 0.25) is 0 Å². The van der Waals surface area contributed by atoms with Crippen molar-refractivity contribution in [2.45, 2.75) is 25.8 Å². The van der Waals surface area contributed by atoms with Crippen LogP contribution < -0.4 is 4.74 Å². The van der Waals surface area contributed by atoms with Gasteiger partial charge in [0.1, 0.15) is 5.75 Å². The number of ether oxygens (including phenoxy) is 1. The van der Waals surface area contributed by atoms with Gasteiger partial charge in [-0.25, -0.2) is 4.68 Å². The van der Waals surface area contributed by atoms with Crippen LogP contribution >= 0.6 is 0 Å². The molecule has 134 valence electrons. The summed E-state index contributed by atoms with van der Waals surface area (Å²) in [6.45, 7) is 4.02. The van der Waals surface area contributed by atoms with Crippen molar-refractivity contribution in [3.05, 3.63) is 41.7 Å². The average molecular weight is 342 g/mol. The Labute approximate surface area is 149 Å². The second-order valence-electron chi connectivity index (χ2n) is 6.73. The summed E-state index contributed by atoms with van der Waals surface area (Å²) < 4.78 is 6.99. The number of aryl methyl sites for hydroxylation is 1. The van der Waals surface area contributed by atoms with Gasteiger partial charge < -0.3 is 14.5 Å². The lowest BCUT2D eigenvalue weighted by atomic mass is 10.0. The van der Waals surface area contributed by atoms with Gasteiger partial charge in [0.2, 0.25) is 0 Å². The van der Waals surface area contributed by atoms with Crippen molar-refractivity contribution in [3.63, 3.8) is 0 Å². The van der Waals surface area contributed by atoms with E-state index < -0.39 is 0 Å². The lowest BCUT2D eigenvalue weighted by Crippen LogP contribution is -2.44. The number of carbonyl (C=O) groups is 1. The molecule has 1 fully saturated rings. The van der Waals surface area contributed by atoms with Crippen molar-refractivity contribution in [2.75, 3.05) is 34.3 Å². The number of likely N-dealkylation sites (tertiary alicyclic amines) is 1. The van der Waals surface area contributed by atoms with E-state index in [1.807, 2.05) is 49.2 Å². The monoisotopic (exact) mass is 342 g/mol. The Balaban J connectivity index is 1.77. The smallest absolute Gasteiger partial charge is 0.274 e. The van der Waals surface area contributed by atoms with Crippen LogP contribution in [0.15, 0.2) is 30.3 Å². The number of amides is 1. The zero-order chi connectivity index (χ0) is 18.0. The molecule has 1 saturated heterocycles. The number of carbonyl (C=O) groups excluding carboxylic acids is 1. The number of hydrogen-bond acceptors (Lipinski definition) is 4. The van der Waals surface area contributed by atoms with Crippen molar-refractivity contribution < 1.29 is 9.53 Å². The van der Waals surface area contributed by atoms with E-state index in [9.17, 15) is 4.79 Å². The molecular formula is C19H26N4O2. The second kappa shape index (κ2) is 7.27. The third kappa shape index (κ3) is 3.69. The molecule has 0 bridgehead atoms. The molecule has 2 heterocycles. The molecule has 3 rings (SSSR count). The highest BCUT2D eigenvalue weighted by Crippen LogP contribution is 2.19. The van der Waals surface area contributed by atoms with Gasteiger partial charge in [-0.3, -0.25) is 4.79 Å². The van der Waals surface area contributed by atoms with Crippen LogP contribution in [0.25, 0.3) is 5.69 Å². The van der Waals surface area contributed by atoms with Crippen molar-refractivity contribution in [3.8, 4) is 11.4 Å². The summed E-state index contributed by atoms with van der Waals surface area (Å²) in [5, 5.41) is 4.54. The van der Waals surface area contributed by atoms with Crippen LogP contribution in [0.1, 0.15) is 29.0 Å². The molecule has 1 aromatic carbocycles. The molecule has 0 spiro atoms. The Morgan fingerprint density at radius 1 is 1.24 bits per heavy atom. The zero-order valence-electron chi connectivity index (χ0n) is 15.4. The Bertz CT molecular complexity index is 730. The topological polar surface area (TPSA) is 50.6 Å². The fourth-order valence-corrected chi connectivity index (χ4v) is 3.29. The highest BCUT2D eigenvalue weighted by atomic mass is 16.5. The molecule has 1 aliphatic rings. The molecule has 0 unspecified atom stereocenters. The molecule has 6 nitrogen and oxygen atoms in total. The molecule has 0 N–H and O–H groups in total. The third-order valence-electron chi connectivity index (χ3n) is 4.98. The molecule has 6 heteroatoms. The Morgan fingerprint density at radius 2 is 1.88 bits per heavy atom. The predicted octanol–water partition coefficient (Wildman–Crippen LogP) is 2.36. The van der Waals surface area contributed by atoms with Gasteiger partial charge in [-0.2, -0.15) is 5.10 Å². The van der Waals surface area contributed by atoms with E-state index in [0.29, 0.717) is 5.69 Å². The van der Waals surface area contributed by atoms with E-state index in [1.165, 1.54) is 0 Å². The van der Waals surface area contributed by atoms with Crippen LogP contribution in [0.3, 0.4) is 0 Å². The molecule has 1 aliphatic heterocycles. The van der Waals surface area contributed by atoms with E-state index in [0.717, 1.165) is 43.1 Å². The fraction of sp³-hybridized carbons (Fsp3) is 0.474. The molecule has 0 atom stereocenters. The van der Waals surface area contributed by atoms with E-state index in [2.05, 4.69) is 17.0 Å². The number of piperidine rings is 1. The van der Waals surface area contributed by atoms with Crippen LogP contribution in [0.5, 0.6) is 5.75 Å². The number of nitrogens with zero attached hydrogens (tertiary/aromatic N) is 4. The minimum atomic E-state index is -0.00934. The molecule has 0 aliphatic carbocycles. The van der Waals surface area contributed by atoms with Crippen molar-refractivity contribution in [2.24, 2.45) is 0 Å². The van der Waals surface area contributed by atoms with Gasteiger partial charge in [-0.05, 0) is 70.2 Å². The average Bonchev–Trinajstić information content (AvgIpc) is 3.03. The highest BCUT2D eigenvalue weighted by Gasteiger charge is 2.26. The lowest BCUT2D eigenvalue weighted by Gasteiger charge is -2.34. The summed E-state index contributed by atoms with van der Waals surface area (Å²) in [7, 11) is 5.65. The quantitative estimate of drug-likeness (QED) is 0.856. The van der Waals surface area contributed by atoms with E-state index in [4.69, 9.17) is 4.74 Å². The van der Waals surface area contributed by atoms with Crippen LogP contribution in [-0.2, 0) is 0 Å². The predicted molar refractivity (Wildman–Crippen MR) is 97.5 cm³/mol. The normalized spacial score (nSPS) is 16.0. The summed E-state index contributed by atoms with van der Waals surface area (Å²) in [6, 6.07) is 9.81. The summed E-state index contributed by atoms with van der Waals surface area (Å²) in [6.07, 6.45) is 2.02. The number of aromatic nitrogens is 2. The number of methoxy groups -OCH3 is 1. The van der Waals surface area contributed by atoms with E-state index >= 15 is 0 Å². The summed E-state index contributed by atoms with van der Waals surface area (Å²) >= 11 is 0. The van der Waals surface area contributed by atoms with E-state index in [1.54, 1.807) is 11.8 Å². The first-order valence-electron chi connectivity index (χ1n) is 8.66. The van der Waals surface area contributed by atoms with Gasteiger partial charge in [-0.1, -0.05) is 0 Å². The molecular weight excluding hydrogens is 316 g/mol. The highest BCUT2D eigenvalue weighted by molar-refractivity contribution is 5.92. The zero-order valence-corrected chi connectivity index (χ0v) is 15.4. The minimum absolute atomic E-state index is 0.00934. The first-order valence-corrected chi connectivity index (χ1v) is 8.66. The standard InChI is InChI=1S/C19H26N4O2/c1-14-13-18(19(24)22(3)15-9-11-21(2)12-10-15)20-23(14)16-5-7-17(25-4)8-6-16/h5-8,13,15H,9-12H2,1-4H3. The molecule has 1 aromatic heterocycles. The van der Waals surface area contributed by atoms with Crippen LogP contribution in [-0.4, -0.2) is 65.8 Å². The minimum Gasteiger partial charge on any atom is -0.497 e. The van der Waals surface area contributed by atoms with Gasteiger partial charge in [-0.15, -0.1) is 0 Å². The van der Waals surface area contributed by atoms with E-state index in [-0.39, 0.29) is 11.9 Å². The fourth-order valence-electron chi connectivity index (χ4n) is 3.29. The van der Waals surface area contributed by atoms with Crippen LogP contribution in [0.4, 0.5) is 0 Å². The molecule has 2 aromatic rings. The Morgan fingerprint density at radius 3 is 2.48 bits per heavy atom. The maximum Gasteiger partial charge on any atom is 0.274 e. The first kappa shape index (κ1) is 17.5. The molecule has 25 heavy (non-hydrogen) atoms. The summed E-state index contributed by atoms with van der Waals surface area (Å²) in [5.41, 5.74) is 2.35. The Kier molecular flexibility index (Phi) is 5.08. The van der Waals surface area contributed by atoms with Crippen molar-refractivity contribution >= 4 is 5.91 Å². The number of hydrogen-bond donors (Lipinski definition) is 0. The maximum atomic E-state index is 12.8. The van der Waals surface area contributed by atoms with Gasteiger partial charge >= 0.3 is 0 Å². The SMILES string of the molecule is COc1ccc(-n2nc(C(=O)N(C)C3CCN(C)CC3)cc2C)cc1. The maximum absolute atomic E-state index is 12.8. The first-order chi connectivity index (χ1) is 12.0. The number of benzene rings is 1. The summed E-state index contributed by atoms with van der Waals surface area (Å²) in [4.78, 5) is 17.0. The molecule has 0 saturated carbocycles. The van der Waals surface area contributed by atoms with Gasteiger partial charge in [0.05, 0.1) is 12.8 Å². The van der Waals surface area contributed by atoms with Crippen LogP contribution in [0, 0.1) is 6.92 Å². The summed E-state index contributed by atoms with van der Waals surface area (Å²) in [5.74, 6) is 0.789. The second-order valence-corrected chi connectivity index (χ2v) is 6.73. The van der Waals surface area contributed by atoms with Gasteiger partial charge in [0.15, 0.2) is 5.69 Å². The van der Waals surface area contributed by atoms with Gasteiger partial charge in [0.25, 0.3) is 5.91 Å². The molecule has 1 amide bonds. The van der Waals surface area contributed by atoms with Crippen molar-refractivity contribution in [1.82, 2.24) is 19.6 Å². The molecule has 0 radical (unpaired) electrons. The third-order valence-corrected chi connectivity index (χ3v) is 4.98. The van der Waals surface area contributed by atoms with Gasteiger partial charge in [0, 0.05) is 18.8 Å². The lowest BCUT2D eigenvalue weighted by molar-refractivity contribution is 0.0653. The Hall–Kier alpha value is -2.34. The van der Waals surface area contributed by atoms with Crippen molar-refractivity contribution in [1.29, 1.82) is 0 Å².